The maximum absolute atomic E-state index is 10.5. The van der Waals surface area contributed by atoms with Crippen molar-refractivity contribution in [3.05, 3.63) is 42.5 Å². The van der Waals surface area contributed by atoms with Crippen LogP contribution in [0.3, 0.4) is 0 Å². The van der Waals surface area contributed by atoms with E-state index in [9.17, 15) is 5.11 Å². The van der Waals surface area contributed by atoms with E-state index in [1.54, 1.807) is 13.2 Å². The van der Waals surface area contributed by atoms with Crippen molar-refractivity contribution >= 4 is 0 Å². The fraction of sp³-hybridized carbons (Fsp3) is 0.600. The van der Waals surface area contributed by atoms with Gasteiger partial charge in [-0.15, -0.1) is 6.58 Å². The van der Waals surface area contributed by atoms with Crippen molar-refractivity contribution < 1.29 is 24.1 Å². The van der Waals surface area contributed by atoms with E-state index < -0.39 is 18.0 Å². The van der Waals surface area contributed by atoms with Crippen molar-refractivity contribution in [2.45, 2.75) is 63.8 Å². The van der Waals surface area contributed by atoms with E-state index in [0.717, 1.165) is 24.2 Å². The largest absolute Gasteiger partial charge is 0.497 e. The molecule has 1 fully saturated rings. The lowest BCUT2D eigenvalue weighted by atomic mass is 10.0. The van der Waals surface area contributed by atoms with Crippen molar-refractivity contribution in [2.24, 2.45) is 0 Å². The molecule has 1 saturated heterocycles. The first-order chi connectivity index (χ1) is 12.1. The van der Waals surface area contributed by atoms with Crippen molar-refractivity contribution in [3.63, 3.8) is 0 Å². The summed E-state index contributed by atoms with van der Waals surface area (Å²) in [4.78, 5) is 0. The van der Waals surface area contributed by atoms with E-state index in [4.69, 9.17) is 18.9 Å². The zero-order chi connectivity index (χ0) is 18.3. The van der Waals surface area contributed by atoms with E-state index in [0.29, 0.717) is 19.6 Å². The van der Waals surface area contributed by atoms with Crippen LogP contribution in [0.5, 0.6) is 5.75 Å². The highest BCUT2D eigenvalue weighted by Gasteiger charge is 2.44. The zero-order valence-corrected chi connectivity index (χ0v) is 15.4. The molecule has 0 bridgehead atoms. The molecule has 1 heterocycles. The molecule has 2 rings (SSSR count). The standard InChI is InChI=1S/C20H30O5/c1-5-8-17(21)19(18-14-24-20(6-2,7-3)25-18)23-13-15-9-11-16(22-4)12-10-15/h5,9-12,17-19,21H,1,6-8,13-14H2,2-4H3/t17?,18-,19+/m1/s1. The summed E-state index contributed by atoms with van der Waals surface area (Å²) in [6, 6.07) is 7.68. The van der Waals surface area contributed by atoms with Crippen molar-refractivity contribution in [2.75, 3.05) is 13.7 Å². The number of aliphatic hydroxyl groups is 1. The van der Waals surface area contributed by atoms with E-state index in [1.165, 1.54) is 0 Å². The first kappa shape index (κ1) is 19.9. The van der Waals surface area contributed by atoms with Crippen LogP contribution in [0.1, 0.15) is 38.7 Å². The SMILES string of the molecule is C=CCC(O)[C@H](OCc1ccc(OC)cc1)[C@H]1COC(CC)(CC)O1. The molecule has 0 aliphatic carbocycles. The highest BCUT2D eigenvalue weighted by Crippen LogP contribution is 2.33. The van der Waals surface area contributed by atoms with Gasteiger partial charge in [0, 0.05) is 0 Å². The number of hydrogen-bond donors (Lipinski definition) is 1. The molecule has 1 unspecified atom stereocenters. The van der Waals surface area contributed by atoms with Crippen molar-refractivity contribution in [1.29, 1.82) is 0 Å². The molecular formula is C20H30O5. The second-order valence-electron chi connectivity index (χ2n) is 6.30. The van der Waals surface area contributed by atoms with E-state index in [1.807, 2.05) is 38.1 Å². The second-order valence-corrected chi connectivity index (χ2v) is 6.30. The molecule has 1 aliphatic rings. The van der Waals surface area contributed by atoms with Gasteiger partial charge >= 0.3 is 0 Å². The summed E-state index contributed by atoms with van der Waals surface area (Å²) >= 11 is 0. The summed E-state index contributed by atoms with van der Waals surface area (Å²) in [6.07, 6.45) is 2.21. The van der Waals surface area contributed by atoms with Crippen LogP contribution < -0.4 is 4.74 Å². The summed E-state index contributed by atoms with van der Waals surface area (Å²) in [5, 5.41) is 10.5. The zero-order valence-electron chi connectivity index (χ0n) is 15.4. The molecule has 1 aromatic rings. The quantitative estimate of drug-likeness (QED) is 0.655. The molecule has 140 valence electrons. The van der Waals surface area contributed by atoms with Crippen LogP contribution in [-0.4, -0.2) is 42.9 Å². The Kier molecular flexibility index (Phi) is 7.44. The predicted octanol–water partition coefficient (Wildman–Crippen LogP) is 3.45. The number of ether oxygens (including phenoxy) is 4. The first-order valence-electron chi connectivity index (χ1n) is 8.92. The van der Waals surface area contributed by atoms with E-state index >= 15 is 0 Å². The lowest BCUT2D eigenvalue weighted by molar-refractivity contribution is -0.195. The smallest absolute Gasteiger partial charge is 0.168 e. The van der Waals surface area contributed by atoms with Gasteiger partial charge < -0.3 is 24.1 Å². The molecule has 1 N–H and O–H groups in total. The number of aliphatic hydroxyl groups excluding tert-OH is 1. The Bertz CT molecular complexity index is 523. The van der Waals surface area contributed by atoms with Crippen molar-refractivity contribution in [3.8, 4) is 5.75 Å². The number of hydrogen-bond acceptors (Lipinski definition) is 5. The summed E-state index contributed by atoms with van der Waals surface area (Å²) in [5.41, 5.74) is 1.01. The molecule has 5 nitrogen and oxygen atoms in total. The van der Waals surface area contributed by atoms with Crippen LogP contribution >= 0.6 is 0 Å². The Morgan fingerprint density at radius 1 is 1.32 bits per heavy atom. The Hall–Kier alpha value is -1.40. The highest BCUT2D eigenvalue weighted by atomic mass is 16.8. The Labute approximate surface area is 150 Å². The Morgan fingerprint density at radius 2 is 2.00 bits per heavy atom. The second kappa shape index (κ2) is 9.34. The Morgan fingerprint density at radius 3 is 2.52 bits per heavy atom. The predicted molar refractivity (Wildman–Crippen MR) is 96.5 cm³/mol. The van der Waals surface area contributed by atoms with Crippen LogP contribution in [-0.2, 0) is 20.8 Å². The molecule has 3 atom stereocenters. The third-order valence-corrected chi connectivity index (χ3v) is 4.71. The van der Waals surface area contributed by atoms with Crippen molar-refractivity contribution in [1.82, 2.24) is 0 Å². The van der Waals surface area contributed by atoms with Crippen LogP contribution in [0.2, 0.25) is 0 Å². The number of rotatable bonds is 10. The minimum atomic E-state index is -0.686. The van der Waals surface area contributed by atoms with Gasteiger partial charge in [0.1, 0.15) is 18.0 Å². The minimum Gasteiger partial charge on any atom is -0.497 e. The van der Waals surface area contributed by atoms with Crippen LogP contribution in [0.25, 0.3) is 0 Å². The Balaban J connectivity index is 2.04. The van der Waals surface area contributed by atoms with Gasteiger partial charge in [0.15, 0.2) is 5.79 Å². The van der Waals surface area contributed by atoms with Gasteiger partial charge in [-0.3, -0.25) is 0 Å². The van der Waals surface area contributed by atoms with Crippen LogP contribution in [0.4, 0.5) is 0 Å². The van der Waals surface area contributed by atoms with Gasteiger partial charge in [0.25, 0.3) is 0 Å². The summed E-state index contributed by atoms with van der Waals surface area (Å²) in [5.74, 6) is 0.232. The molecule has 1 aliphatic heterocycles. The molecule has 0 saturated carbocycles. The lowest BCUT2D eigenvalue weighted by Gasteiger charge is -2.30. The molecule has 0 radical (unpaired) electrons. The lowest BCUT2D eigenvalue weighted by Crippen LogP contribution is -2.42. The molecule has 1 aromatic carbocycles. The van der Waals surface area contributed by atoms with E-state index in [2.05, 4.69) is 6.58 Å². The average Bonchev–Trinajstić information content (AvgIpc) is 3.07. The molecular weight excluding hydrogens is 320 g/mol. The topological polar surface area (TPSA) is 57.2 Å². The van der Waals surface area contributed by atoms with Gasteiger partial charge in [-0.2, -0.15) is 0 Å². The molecule has 0 spiro atoms. The van der Waals surface area contributed by atoms with Crippen LogP contribution in [0.15, 0.2) is 36.9 Å². The minimum absolute atomic E-state index is 0.298. The van der Waals surface area contributed by atoms with Gasteiger partial charge in [0.2, 0.25) is 0 Å². The maximum Gasteiger partial charge on any atom is 0.168 e. The third-order valence-electron chi connectivity index (χ3n) is 4.71. The fourth-order valence-electron chi connectivity index (χ4n) is 3.05. The highest BCUT2D eigenvalue weighted by molar-refractivity contribution is 5.26. The monoisotopic (exact) mass is 350 g/mol. The molecule has 0 aromatic heterocycles. The summed E-state index contributed by atoms with van der Waals surface area (Å²) in [7, 11) is 1.64. The number of methoxy groups -OCH3 is 1. The van der Waals surface area contributed by atoms with Gasteiger partial charge in [0.05, 0.1) is 26.4 Å². The van der Waals surface area contributed by atoms with Gasteiger partial charge in [-0.05, 0) is 37.0 Å². The molecule has 5 heteroatoms. The van der Waals surface area contributed by atoms with Gasteiger partial charge in [-0.1, -0.05) is 32.1 Å². The normalized spacial score (nSPS) is 21.7. The van der Waals surface area contributed by atoms with Gasteiger partial charge in [-0.25, -0.2) is 0 Å². The number of benzene rings is 1. The van der Waals surface area contributed by atoms with E-state index in [-0.39, 0.29) is 6.10 Å². The summed E-state index contributed by atoms with van der Waals surface area (Å²) in [6.45, 7) is 8.59. The first-order valence-corrected chi connectivity index (χ1v) is 8.92. The average molecular weight is 350 g/mol. The summed E-state index contributed by atoms with van der Waals surface area (Å²) < 4.78 is 23.2. The fourth-order valence-corrected chi connectivity index (χ4v) is 3.05. The molecule has 0 amide bonds. The third kappa shape index (κ3) is 5.05. The van der Waals surface area contributed by atoms with Crippen LogP contribution in [0, 0.1) is 0 Å². The molecule has 25 heavy (non-hydrogen) atoms. The maximum atomic E-state index is 10.5.